The second-order valence-corrected chi connectivity index (χ2v) is 4.22. The molecular weight excluding hydrogens is 266 g/mol. The molecule has 0 aliphatic carbocycles. The second kappa shape index (κ2) is 5.64. The molecule has 1 aromatic carbocycles. The van der Waals surface area contributed by atoms with Gasteiger partial charge in [-0.25, -0.2) is 15.8 Å². The van der Waals surface area contributed by atoms with E-state index in [0.29, 0.717) is 16.5 Å². The molecule has 0 aliphatic heterocycles. The summed E-state index contributed by atoms with van der Waals surface area (Å²) >= 11 is 6.03. The molecule has 0 saturated heterocycles. The standard InChI is InChI=1S/C12H12ClN5O/c1-7-3-2-4-8(13)11(7)17-12(19)9-5-16-10(18-14)6-15-9/h2-6H,14H2,1H3,(H,16,18)(H,17,19). The average molecular weight is 278 g/mol. The van der Waals surface area contributed by atoms with Crippen LogP contribution in [0.25, 0.3) is 0 Å². The lowest BCUT2D eigenvalue weighted by Crippen LogP contribution is -2.16. The number of anilines is 2. The van der Waals surface area contributed by atoms with Gasteiger partial charge in [0.05, 0.1) is 23.1 Å². The molecule has 0 saturated carbocycles. The van der Waals surface area contributed by atoms with E-state index >= 15 is 0 Å². The van der Waals surface area contributed by atoms with Crippen LogP contribution in [-0.4, -0.2) is 15.9 Å². The number of rotatable bonds is 3. The van der Waals surface area contributed by atoms with Crippen molar-refractivity contribution in [2.24, 2.45) is 5.84 Å². The number of hydrazine groups is 1. The van der Waals surface area contributed by atoms with Crippen molar-refractivity contribution in [1.82, 2.24) is 9.97 Å². The number of nitrogens with two attached hydrogens (primary N) is 1. The number of nitrogen functional groups attached to an aromatic ring is 1. The summed E-state index contributed by atoms with van der Waals surface area (Å²) in [4.78, 5) is 19.9. The summed E-state index contributed by atoms with van der Waals surface area (Å²) in [5.74, 6) is 5.17. The molecule has 19 heavy (non-hydrogen) atoms. The van der Waals surface area contributed by atoms with Gasteiger partial charge in [-0.05, 0) is 18.6 Å². The molecule has 0 fully saturated rings. The summed E-state index contributed by atoms with van der Waals surface area (Å²) < 4.78 is 0. The van der Waals surface area contributed by atoms with E-state index in [4.69, 9.17) is 17.4 Å². The Balaban J connectivity index is 2.20. The van der Waals surface area contributed by atoms with Crippen molar-refractivity contribution < 1.29 is 4.79 Å². The fourth-order valence-electron chi connectivity index (χ4n) is 1.49. The lowest BCUT2D eigenvalue weighted by Gasteiger charge is -2.09. The van der Waals surface area contributed by atoms with E-state index in [0.717, 1.165) is 5.56 Å². The number of carbonyl (C=O) groups is 1. The highest BCUT2D eigenvalue weighted by atomic mass is 35.5. The van der Waals surface area contributed by atoms with Gasteiger partial charge in [-0.2, -0.15) is 0 Å². The van der Waals surface area contributed by atoms with Gasteiger partial charge in [0.15, 0.2) is 5.82 Å². The zero-order valence-electron chi connectivity index (χ0n) is 10.1. The predicted molar refractivity (Wildman–Crippen MR) is 74.0 cm³/mol. The van der Waals surface area contributed by atoms with Gasteiger partial charge in [-0.1, -0.05) is 23.7 Å². The largest absolute Gasteiger partial charge is 0.319 e. The number of aromatic nitrogens is 2. The zero-order chi connectivity index (χ0) is 13.8. The van der Waals surface area contributed by atoms with Crippen LogP contribution in [-0.2, 0) is 0 Å². The number of aryl methyl sites for hydroxylation is 1. The quantitative estimate of drug-likeness (QED) is 0.589. The molecular formula is C12H12ClN5O. The first-order valence-corrected chi connectivity index (χ1v) is 5.84. The number of carbonyl (C=O) groups excluding carboxylic acids is 1. The number of nitrogens with zero attached hydrogens (tertiary/aromatic N) is 2. The van der Waals surface area contributed by atoms with E-state index in [1.807, 2.05) is 19.1 Å². The number of benzene rings is 1. The first-order chi connectivity index (χ1) is 9.11. The first-order valence-electron chi connectivity index (χ1n) is 5.47. The molecule has 1 aromatic heterocycles. The second-order valence-electron chi connectivity index (χ2n) is 3.82. The maximum Gasteiger partial charge on any atom is 0.275 e. The minimum absolute atomic E-state index is 0.179. The fraction of sp³-hybridized carbons (Fsp3) is 0.0833. The summed E-state index contributed by atoms with van der Waals surface area (Å²) in [5.41, 5.74) is 3.95. The maximum absolute atomic E-state index is 12.0. The van der Waals surface area contributed by atoms with E-state index in [-0.39, 0.29) is 11.6 Å². The van der Waals surface area contributed by atoms with E-state index in [1.165, 1.54) is 12.4 Å². The Morgan fingerprint density at radius 2 is 2.11 bits per heavy atom. The number of halogens is 1. The SMILES string of the molecule is Cc1cccc(Cl)c1NC(=O)c1cnc(NN)cn1. The molecule has 6 nitrogen and oxygen atoms in total. The maximum atomic E-state index is 12.0. The van der Waals surface area contributed by atoms with E-state index in [1.54, 1.807) is 6.07 Å². The minimum Gasteiger partial charge on any atom is -0.319 e. The molecule has 2 aromatic rings. The molecule has 0 unspecified atom stereocenters. The number of hydrogen-bond acceptors (Lipinski definition) is 5. The van der Waals surface area contributed by atoms with Gasteiger partial charge in [0, 0.05) is 0 Å². The summed E-state index contributed by atoms with van der Waals surface area (Å²) in [6, 6.07) is 5.38. The van der Waals surface area contributed by atoms with Crippen molar-refractivity contribution in [1.29, 1.82) is 0 Å². The number of hydrogen-bond donors (Lipinski definition) is 3. The normalized spacial score (nSPS) is 10.1. The van der Waals surface area contributed by atoms with Crippen LogP contribution in [0.1, 0.15) is 16.1 Å². The van der Waals surface area contributed by atoms with Gasteiger partial charge in [0.25, 0.3) is 5.91 Å². The van der Waals surface area contributed by atoms with Crippen molar-refractivity contribution in [2.75, 3.05) is 10.7 Å². The summed E-state index contributed by atoms with van der Waals surface area (Å²) in [6.45, 7) is 1.86. The number of para-hydroxylation sites is 1. The summed E-state index contributed by atoms with van der Waals surface area (Å²) in [6.07, 6.45) is 2.70. The van der Waals surface area contributed by atoms with Crippen LogP contribution in [0.15, 0.2) is 30.6 Å². The molecule has 98 valence electrons. The van der Waals surface area contributed by atoms with Crippen LogP contribution in [0.4, 0.5) is 11.5 Å². The predicted octanol–water partition coefficient (Wildman–Crippen LogP) is 1.98. The van der Waals surface area contributed by atoms with E-state index < -0.39 is 0 Å². The molecule has 0 aliphatic rings. The Labute approximate surface area is 115 Å². The Hall–Kier alpha value is -2.18. The topological polar surface area (TPSA) is 92.9 Å². The Bertz CT molecular complexity index is 579. The Morgan fingerprint density at radius 1 is 1.32 bits per heavy atom. The third-order valence-corrected chi connectivity index (χ3v) is 2.81. The van der Waals surface area contributed by atoms with Crippen LogP contribution >= 0.6 is 11.6 Å². The molecule has 4 N–H and O–H groups in total. The molecule has 1 amide bonds. The highest BCUT2D eigenvalue weighted by Gasteiger charge is 2.11. The van der Waals surface area contributed by atoms with Crippen molar-refractivity contribution in [3.8, 4) is 0 Å². The van der Waals surface area contributed by atoms with Crippen molar-refractivity contribution in [2.45, 2.75) is 6.92 Å². The molecule has 0 atom stereocenters. The highest BCUT2D eigenvalue weighted by molar-refractivity contribution is 6.34. The first kappa shape index (κ1) is 13.3. The highest BCUT2D eigenvalue weighted by Crippen LogP contribution is 2.25. The van der Waals surface area contributed by atoms with E-state index in [9.17, 15) is 4.79 Å². The molecule has 2 rings (SSSR count). The minimum atomic E-state index is -0.382. The van der Waals surface area contributed by atoms with Gasteiger partial charge in [0.2, 0.25) is 0 Å². The van der Waals surface area contributed by atoms with Crippen molar-refractivity contribution in [3.05, 3.63) is 46.9 Å². The third kappa shape index (κ3) is 2.98. The Morgan fingerprint density at radius 3 is 2.68 bits per heavy atom. The number of nitrogens with one attached hydrogen (secondary N) is 2. The van der Waals surface area contributed by atoms with Crippen molar-refractivity contribution >= 4 is 29.0 Å². The number of amides is 1. The van der Waals surface area contributed by atoms with Crippen LogP contribution in [0.2, 0.25) is 5.02 Å². The average Bonchev–Trinajstić information content (AvgIpc) is 2.43. The van der Waals surface area contributed by atoms with Gasteiger partial charge >= 0.3 is 0 Å². The zero-order valence-corrected chi connectivity index (χ0v) is 10.9. The lowest BCUT2D eigenvalue weighted by atomic mass is 10.2. The lowest BCUT2D eigenvalue weighted by molar-refractivity contribution is 0.102. The molecule has 7 heteroatoms. The molecule has 0 bridgehead atoms. The van der Waals surface area contributed by atoms with Gasteiger partial charge in [0.1, 0.15) is 5.69 Å². The third-order valence-electron chi connectivity index (χ3n) is 2.49. The monoisotopic (exact) mass is 277 g/mol. The smallest absolute Gasteiger partial charge is 0.275 e. The molecule has 0 radical (unpaired) electrons. The van der Waals surface area contributed by atoms with E-state index in [2.05, 4.69) is 20.7 Å². The summed E-state index contributed by atoms with van der Waals surface area (Å²) in [7, 11) is 0. The van der Waals surface area contributed by atoms with Gasteiger partial charge in [-0.15, -0.1) is 0 Å². The summed E-state index contributed by atoms with van der Waals surface area (Å²) in [5, 5.41) is 3.18. The van der Waals surface area contributed by atoms with Crippen LogP contribution < -0.4 is 16.6 Å². The van der Waals surface area contributed by atoms with Crippen LogP contribution in [0.5, 0.6) is 0 Å². The van der Waals surface area contributed by atoms with Gasteiger partial charge in [-0.3, -0.25) is 4.79 Å². The fourth-order valence-corrected chi connectivity index (χ4v) is 1.76. The van der Waals surface area contributed by atoms with Gasteiger partial charge < -0.3 is 10.7 Å². The Kier molecular flexibility index (Phi) is 3.94. The van der Waals surface area contributed by atoms with Crippen LogP contribution in [0, 0.1) is 6.92 Å². The molecule has 0 spiro atoms. The van der Waals surface area contributed by atoms with Crippen LogP contribution in [0.3, 0.4) is 0 Å². The molecule has 1 heterocycles. The van der Waals surface area contributed by atoms with Crippen molar-refractivity contribution in [3.63, 3.8) is 0 Å².